The lowest BCUT2D eigenvalue weighted by Gasteiger charge is -2.42. The Morgan fingerprint density at radius 3 is 2.83 bits per heavy atom. The van der Waals surface area contributed by atoms with Gasteiger partial charge in [-0.3, -0.25) is 0 Å². The predicted molar refractivity (Wildman–Crippen MR) is 83.9 cm³/mol. The van der Waals surface area contributed by atoms with Crippen molar-refractivity contribution < 1.29 is 23.8 Å². The zero-order chi connectivity index (χ0) is 16.8. The van der Waals surface area contributed by atoms with Crippen molar-refractivity contribution in [2.45, 2.75) is 52.2 Å². The normalized spacial score (nSPS) is 25.2. The summed E-state index contributed by atoms with van der Waals surface area (Å²) in [5.74, 6) is 1.42. The lowest BCUT2D eigenvalue weighted by Crippen LogP contribution is -2.44. The predicted octanol–water partition coefficient (Wildman–Crippen LogP) is 3.06. The Labute approximate surface area is 135 Å². The van der Waals surface area contributed by atoms with Gasteiger partial charge in [-0.2, -0.15) is 0 Å². The number of methoxy groups -OCH3 is 1. The van der Waals surface area contributed by atoms with E-state index in [1.807, 2.05) is 6.92 Å². The van der Waals surface area contributed by atoms with Crippen molar-refractivity contribution in [3.8, 4) is 11.5 Å². The molecule has 0 aliphatic carbocycles. The number of benzene rings is 1. The first-order valence-electron chi connectivity index (χ1n) is 7.94. The molecule has 0 radical (unpaired) electrons. The highest BCUT2D eigenvalue weighted by Gasteiger charge is 2.42. The standard InChI is InChI=1S/C18H22O5/c1-10-7-13-15(21-4)8-12-14(9-22-17(12)20)16(13)23-18(10,3)6-5-11(2)19/h8,10H,5-7,9H2,1-4H3/t10-,18-/m0/s1. The number of cyclic esters (lactones) is 1. The van der Waals surface area contributed by atoms with Crippen LogP contribution >= 0.6 is 0 Å². The van der Waals surface area contributed by atoms with Gasteiger partial charge in [0.15, 0.2) is 0 Å². The molecular formula is C18H22O5. The fourth-order valence-corrected chi connectivity index (χ4v) is 3.34. The van der Waals surface area contributed by atoms with Crippen molar-refractivity contribution in [1.29, 1.82) is 0 Å². The van der Waals surface area contributed by atoms with Crippen LogP contribution in [0.1, 0.15) is 55.1 Å². The van der Waals surface area contributed by atoms with E-state index in [9.17, 15) is 9.59 Å². The average Bonchev–Trinajstić information content (AvgIpc) is 2.87. The highest BCUT2D eigenvalue weighted by molar-refractivity contribution is 5.95. The Morgan fingerprint density at radius 1 is 1.43 bits per heavy atom. The Morgan fingerprint density at radius 2 is 2.17 bits per heavy atom. The monoisotopic (exact) mass is 318 g/mol. The summed E-state index contributed by atoms with van der Waals surface area (Å²) in [6.45, 7) is 5.99. The molecule has 23 heavy (non-hydrogen) atoms. The van der Waals surface area contributed by atoms with E-state index < -0.39 is 5.60 Å². The molecule has 0 amide bonds. The number of rotatable bonds is 4. The fourth-order valence-electron chi connectivity index (χ4n) is 3.34. The van der Waals surface area contributed by atoms with Crippen molar-refractivity contribution in [2.75, 3.05) is 7.11 Å². The minimum atomic E-state index is -0.440. The van der Waals surface area contributed by atoms with Crippen molar-refractivity contribution in [3.63, 3.8) is 0 Å². The first-order chi connectivity index (χ1) is 10.9. The largest absolute Gasteiger partial charge is 0.496 e. The van der Waals surface area contributed by atoms with Crippen molar-refractivity contribution in [2.24, 2.45) is 5.92 Å². The minimum absolute atomic E-state index is 0.155. The van der Waals surface area contributed by atoms with Crippen LogP contribution in [0.15, 0.2) is 6.07 Å². The maximum absolute atomic E-state index is 11.9. The van der Waals surface area contributed by atoms with E-state index in [-0.39, 0.29) is 24.3 Å². The number of carbonyl (C=O) groups excluding carboxylic acids is 2. The van der Waals surface area contributed by atoms with Gasteiger partial charge in [0.1, 0.15) is 29.5 Å². The van der Waals surface area contributed by atoms with Gasteiger partial charge >= 0.3 is 5.97 Å². The third-order valence-electron chi connectivity index (χ3n) is 5.10. The highest BCUT2D eigenvalue weighted by atomic mass is 16.5. The second kappa shape index (κ2) is 5.55. The Balaban J connectivity index is 2.05. The van der Waals surface area contributed by atoms with Crippen LogP contribution in [0.5, 0.6) is 11.5 Å². The first-order valence-corrected chi connectivity index (χ1v) is 7.94. The number of ether oxygens (including phenoxy) is 3. The first kappa shape index (κ1) is 15.8. The average molecular weight is 318 g/mol. The zero-order valence-electron chi connectivity index (χ0n) is 14.0. The van der Waals surface area contributed by atoms with Crippen molar-refractivity contribution in [1.82, 2.24) is 0 Å². The summed E-state index contributed by atoms with van der Waals surface area (Å²) in [4.78, 5) is 23.3. The van der Waals surface area contributed by atoms with Crippen LogP contribution in [0.2, 0.25) is 0 Å². The molecule has 2 heterocycles. The van der Waals surface area contributed by atoms with Gasteiger partial charge in [-0.25, -0.2) is 4.79 Å². The summed E-state index contributed by atoms with van der Waals surface area (Å²) in [6, 6.07) is 1.75. The molecule has 0 bridgehead atoms. The van der Waals surface area contributed by atoms with Gasteiger partial charge in [0.2, 0.25) is 0 Å². The van der Waals surface area contributed by atoms with Gasteiger partial charge < -0.3 is 19.0 Å². The molecule has 5 nitrogen and oxygen atoms in total. The molecule has 3 rings (SSSR count). The summed E-state index contributed by atoms with van der Waals surface area (Å²) in [5, 5.41) is 0. The summed E-state index contributed by atoms with van der Waals surface area (Å²) in [6.07, 6.45) is 1.93. The maximum Gasteiger partial charge on any atom is 0.339 e. The number of fused-ring (bicyclic) bond motifs is 3. The Hall–Kier alpha value is -2.04. The molecule has 0 N–H and O–H groups in total. The summed E-state index contributed by atoms with van der Waals surface area (Å²) >= 11 is 0. The summed E-state index contributed by atoms with van der Waals surface area (Å²) in [5.41, 5.74) is 1.86. The smallest absolute Gasteiger partial charge is 0.339 e. The summed E-state index contributed by atoms with van der Waals surface area (Å²) in [7, 11) is 1.59. The molecule has 0 aromatic heterocycles. The number of carbonyl (C=O) groups is 2. The van der Waals surface area contributed by atoms with E-state index in [0.29, 0.717) is 29.9 Å². The maximum atomic E-state index is 11.9. The van der Waals surface area contributed by atoms with E-state index in [2.05, 4.69) is 6.92 Å². The molecule has 124 valence electrons. The number of Topliss-reactive ketones (excluding diaryl/α,β-unsaturated/α-hetero) is 1. The van der Waals surface area contributed by atoms with E-state index in [4.69, 9.17) is 14.2 Å². The fraction of sp³-hybridized carbons (Fsp3) is 0.556. The number of ketones is 1. The van der Waals surface area contributed by atoms with Gasteiger partial charge in [0.25, 0.3) is 0 Å². The van der Waals surface area contributed by atoms with Crippen molar-refractivity contribution in [3.05, 3.63) is 22.8 Å². The molecule has 2 aliphatic rings. The van der Waals surface area contributed by atoms with Crippen LogP contribution in [0, 0.1) is 5.92 Å². The van der Waals surface area contributed by atoms with Crippen LogP contribution in [0.25, 0.3) is 0 Å². The molecule has 0 fully saturated rings. The van der Waals surface area contributed by atoms with E-state index in [0.717, 1.165) is 17.5 Å². The van der Waals surface area contributed by atoms with Gasteiger partial charge in [0.05, 0.1) is 12.7 Å². The Bertz CT molecular complexity index is 678. The minimum Gasteiger partial charge on any atom is -0.496 e. The Kier molecular flexibility index (Phi) is 3.82. The van der Waals surface area contributed by atoms with Gasteiger partial charge in [0, 0.05) is 17.5 Å². The SMILES string of the molecule is COc1cc2c(c3c1C[C@H](C)[C@](C)(CCC(C)=O)O3)COC2=O. The molecule has 0 unspecified atom stereocenters. The quantitative estimate of drug-likeness (QED) is 0.798. The molecular weight excluding hydrogens is 296 g/mol. The second-order valence-corrected chi connectivity index (χ2v) is 6.71. The number of esters is 1. The molecule has 1 aromatic carbocycles. The number of hydrogen-bond acceptors (Lipinski definition) is 5. The molecule has 5 heteroatoms. The molecule has 0 spiro atoms. The molecule has 2 atom stereocenters. The van der Waals surface area contributed by atoms with Crippen molar-refractivity contribution >= 4 is 11.8 Å². The van der Waals surface area contributed by atoms with Crippen LogP contribution in [0.3, 0.4) is 0 Å². The lowest BCUT2D eigenvalue weighted by atomic mass is 9.78. The molecule has 2 aliphatic heterocycles. The van der Waals surface area contributed by atoms with Crippen LogP contribution in [-0.4, -0.2) is 24.5 Å². The van der Waals surface area contributed by atoms with Gasteiger partial charge in [-0.15, -0.1) is 0 Å². The van der Waals surface area contributed by atoms with Gasteiger partial charge in [-0.05, 0) is 38.7 Å². The number of hydrogen-bond donors (Lipinski definition) is 0. The topological polar surface area (TPSA) is 61.8 Å². The van der Waals surface area contributed by atoms with Crippen LogP contribution < -0.4 is 9.47 Å². The molecule has 0 saturated carbocycles. The van der Waals surface area contributed by atoms with E-state index in [1.165, 1.54) is 0 Å². The van der Waals surface area contributed by atoms with Gasteiger partial charge in [-0.1, -0.05) is 6.92 Å². The third kappa shape index (κ3) is 2.58. The zero-order valence-corrected chi connectivity index (χ0v) is 14.0. The molecule has 0 saturated heterocycles. The van der Waals surface area contributed by atoms with E-state index >= 15 is 0 Å². The second-order valence-electron chi connectivity index (χ2n) is 6.71. The lowest BCUT2D eigenvalue weighted by molar-refractivity contribution is -0.118. The third-order valence-corrected chi connectivity index (χ3v) is 5.10. The van der Waals surface area contributed by atoms with Crippen LogP contribution in [-0.2, 0) is 22.6 Å². The highest BCUT2D eigenvalue weighted by Crippen LogP contribution is 2.47. The van der Waals surface area contributed by atoms with Crippen LogP contribution in [0.4, 0.5) is 0 Å². The summed E-state index contributed by atoms with van der Waals surface area (Å²) < 4.78 is 17.0. The molecule has 1 aromatic rings. The van der Waals surface area contributed by atoms with E-state index in [1.54, 1.807) is 20.1 Å².